The quantitative estimate of drug-likeness (QED) is 0.768. The first kappa shape index (κ1) is 18.0. The molecule has 6 heteroatoms. The summed E-state index contributed by atoms with van der Waals surface area (Å²) in [5, 5.41) is 0. The molecule has 2 heterocycles. The fraction of sp³-hybridized carbons (Fsp3) is 0.182. The molecule has 2 aliphatic rings. The summed E-state index contributed by atoms with van der Waals surface area (Å²) in [5.74, 6) is -1.04. The summed E-state index contributed by atoms with van der Waals surface area (Å²) in [5.41, 5.74) is 2.32. The number of hydrogen-bond acceptors (Lipinski definition) is 3. The number of amides is 3. The Bertz CT molecular complexity index is 1040. The maximum atomic E-state index is 14.2. The maximum Gasteiger partial charge on any atom is 0.446 e. The highest BCUT2D eigenvalue weighted by Crippen LogP contribution is 2.22. The van der Waals surface area contributed by atoms with Gasteiger partial charge in [0.2, 0.25) is 0 Å². The molecule has 140 valence electrons. The number of allylic oxidation sites excluding steroid dienone is 1. The zero-order chi connectivity index (χ0) is 19.7. The lowest BCUT2D eigenvalue weighted by atomic mass is 10.0. The van der Waals surface area contributed by atoms with Crippen LogP contribution < -0.4 is 0 Å². The predicted molar refractivity (Wildman–Crippen MR) is 104 cm³/mol. The third kappa shape index (κ3) is 3.29. The number of carbonyl (C=O) groups excluding carboxylic acids is 2. The van der Waals surface area contributed by atoms with Gasteiger partial charge in [0.15, 0.2) is 5.92 Å². The minimum Gasteiger partial charge on any atom is -0.255 e. The Hall–Kier alpha value is -3.41. The molecule has 0 N–H and O–H groups in total. The van der Waals surface area contributed by atoms with Crippen molar-refractivity contribution in [2.45, 2.75) is 20.0 Å². The number of amidine groups is 1. The van der Waals surface area contributed by atoms with Crippen LogP contribution in [0.5, 0.6) is 0 Å². The van der Waals surface area contributed by atoms with Gasteiger partial charge in [0.05, 0.1) is 0 Å². The molecule has 0 bridgehead atoms. The molecule has 5 nitrogen and oxygen atoms in total. The Morgan fingerprint density at radius 3 is 2.61 bits per heavy atom. The molecular weight excluding hydrogens is 357 g/mol. The second-order valence-electron chi connectivity index (χ2n) is 6.87. The third-order valence-electron chi connectivity index (χ3n) is 4.89. The van der Waals surface area contributed by atoms with E-state index in [9.17, 15) is 14.0 Å². The van der Waals surface area contributed by atoms with Gasteiger partial charge in [-0.05, 0) is 24.6 Å². The first-order chi connectivity index (χ1) is 13.5. The average Bonchev–Trinajstić information content (AvgIpc) is 2.71. The van der Waals surface area contributed by atoms with E-state index in [1.807, 2.05) is 31.2 Å². The van der Waals surface area contributed by atoms with Gasteiger partial charge >= 0.3 is 11.9 Å². The van der Waals surface area contributed by atoms with Gasteiger partial charge in [-0.25, -0.2) is 9.18 Å². The van der Waals surface area contributed by atoms with Crippen molar-refractivity contribution < 1.29 is 18.6 Å². The smallest absolute Gasteiger partial charge is 0.255 e. The highest BCUT2D eigenvalue weighted by atomic mass is 19.1. The van der Waals surface area contributed by atoms with E-state index in [1.165, 1.54) is 21.8 Å². The number of urea groups is 1. The second kappa shape index (κ2) is 7.31. The molecule has 4 rings (SSSR count). The predicted octanol–water partition coefficient (Wildman–Crippen LogP) is 3.46. The molecule has 3 amide bonds. The van der Waals surface area contributed by atoms with Crippen LogP contribution in [0.2, 0.25) is 0 Å². The Labute approximate surface area is 162 Å². The molecule has 1 atom stereocenters. The number of fused-ring (bicyclic) bond motifs is 1. The van der Waals surface area contributed by atoms with Crippen molar-refractivity contribution in [2.24, 2.45) is 10.9 Å². The normalized spacial score (nSPS) is 18.6. The van der Waals surface area contributed by atoms with Crippen molar-refractivity contribution in [1.29, 1.82) is 0 Å². The van der Waals surface area contributed by atoms with E-state index in [1.54, 1.807) is 30.4 Å². The Balaban J connectivity index is 1.72. The molecular formula is C22H19FN3O2+. The van der Waals surface area contributed by atoms with Gasteiger partial charge in [-0.1, -0.05) is 54.1 Å². The number of hydrogen-bond donors (Lipinski definition) is 0. The van der Waals surface area contributed by atoms with Crippen molar-refractivity contribution in [1.82, 2.24) is 4.90 Å². The van der Waals surface area contributed by atoms with Crippen molar-refractivity contribution >= 4 is 24.0 Å². The Kier molecular flexibility index (Phi) is 4.69. The summed E-state index contributed by atoms with van der Waals surface area (Å²) in [6, 6.07) is 13.5. The average molecular weight is 376 g/mol. The molecule has 0 spiro atoms. The van der Waals surface area contributed by atoms with E-state index < -0.39 is 17.8 Å². The number of nitrogens with zero attached hydrogens (tertiary/aromatic N) is 3. The van der Waals surface area contributed by atoms with Gasteiger partial charge in [-0.2, -0.15) is 9.48 Å². The van der Waals surface area contributed by atoms with Crippen molar-refractivity contribution in [3.8, 4) is 0 Å². The van der Waals surface area contributed by atoms with Crippen molar-refractivity contribution in [3.05, 3.63) is 83.2 Å². The Morgan fingerprint density at radius 2 is 1.86 bits per heavy atom. The summed E-state index contributed by atoms with van der Waals surface area (Å²) in [6.07, 6.45) is 4.94. The SMILES string of the molecule is Cc1ccc(CN2C(=O)C3C=CC=NC3=[N+](Cc3ccccc3F)C2=O)cc1. The standard InChI is InChI=1S/C22H19FN3O2/c1-15-8-10-16(11-9-15)13-26-21(27)18-6-4-12-24-20(18)25(22(26)28)14-17-5-2-3-7-19(17)23/h2-12,18H,13-14H2,1H3/q+1. The number of aryl methyl sites for hydroxylation is 1. The molecule has 0 aromatic heterocycles. The fourth-order valence-corrected chi connectivity index (χ4v) is 3.35. The number of carbonyl (C=O) groups is 2. The highest BCUT2D eigenvalue weighted by Gasteiger charge is 2.46. The largest absolute Gasteiger partial charge is 0.446 e. The lowest BCUT2D eigenvalue weighted by molar-refractivity contribution is -0.458. The van der Waals surface area contributed by atoms with E-state index in [0.717, 1.165) is 11.1 Å². The third-order valence-corrected chi connectivity index (χ3v) is 4.89. The van der Waals surface area contributed by atoms with Gasteiger partial charge in [0, 0.05) is 5.56 Å². The number of imide groups is 1. The van der Waals surface area contributed by atoms with Gasteiger partial charge in [-0.15, -0.1) is 4.99 Å². The molecule has 1 unspecified atom stereocenters. The van der Waals surface area contributed by atoms with Crippen molar-refractivity contribution in [2.75, 3.05) is 0 Å². The molecule has 0 radical (unpaired) electrons. The summed E-state index contributed by atoms with van der Waals surface area (Å²) in [7, 11) is 0. The van der Waals surface area contributed by atoms with E-state index in [4.69, 9.17) is 0 Å². The van der Waals surface area contributed by atoms with E-state index in [0.29, 0.717) is 11.4 Å². The fourth-order valence-electron chi connectivity index (χ4n) is 3.35. The topological polar surface area (TPSA) is 52.8 Å². The van der Waals surface area contributed by atoms with Crippen LogP contribution in [0, 0.1) is 18.7 Å². The minimum absolute atomic E-state index is 0.0141. The van der Waals surface area contributed by atoms with Crippen LogP contribution >= 0.6 is 0 Å². The molecule has 2 aromatic carbocycles. The number of dihydropyridines is 1. The molecule has 0 aliphatic carbocycles. The van der Waals surface area contributed by atoms with E-state index >= 15 is 0 Å². The van der Waals surface area contributed by atoms with Crippen LogP contribution in [0.3, 0.4) is 0 Å². The van der Waals surface area contributed by atoms with Gasteiger partial charge in [0.1, 0.15) is 25.1 Å². The number of aliphatic imine (C=N–C) groups is 1. The lowest BCUT2D eigenvalue weighted by Gasteiger charge is -2.27. The van der Waals surface area contributed by atoms with E-state index in [-0.39, 0.29) is 19.0 Å². The highest BCUT2D eigenvalue weighted by molar-refractivity contribution is 6.14. The molecule has 0 fully saturated rings. The van der Waals surface area contributed by atoms with Gasteiger partial charge in [-0.3, -0.25) is 4.79 Å². The van der Waals surface area contributed by atoms with E-state index in [2.05, 4.69) is 4.99 Å². The number of benzene rings is 2. The zero-order valence-corrected chi connectivity index (χ0v) is 15.4. The Morgan fingerprint density at radius 1 is 1.11 bits per heavy atom. The lowest BCUT2D eigenvalue weighted by Crippen LogP contribution is -2.53. The molecule has 0 saturated heterocycles. The van der Waals surface area contributed by atoms with Crippen molar-refractivity contribution in [3.63, 3.8) is 0 Å². The first-order valence-electron chi connectivity index (χ1n) is 9.04. The zero-order valence-electron chi connectivity index (χ0n) is 15.4. The second-order valence-corrected chi connectivity index (χ2v) is 6.87. The summed E-state index contributed by atoms with van der Waals surface area (Å²) in [6.45, 7) is 2.15. The number of halogens is 1. The van der Waals surface area contributed by atoms with Crippen LogP contribution in [0.25, 0.3) is 0 Å². The summed E-state index contributed by atoms with van der Waals surface area (Å²) in [4.78, 5) is 31.6. The van der Waals surface area contributed by atoms with Crippen LogP contribution in [-0.2, 0) is 17.9 Å². The monoisotopic (exact) mass is 376 g/mol. The molecule has 28 heavy (non-hydrogen) atoms. The van der Waals surface area contributed by atoms with Gasteiger partial charge < -0.3 is 0 Å². The first-order valence-corrected chi connectivity index (χ1v) is 9.04. The summed E-state index contributed by atoms with van der Waals surface area (Å²) >= 11 is 0. The van der Waals surface area contributed by atoms with Gasteiger partial charge in [0.25, 0.3) is 5.84 Å². The number of rotatable bonds is 4. The van der Waals surface area contributed by atoms with Crippen LogP contribution in [0.15, 0.2) is 65.7 Å². The molecule has 2 aliphatic heterocycles. The van der Waals surface area contributed by atoms with Crippen LogP contribution in [-0.4, -0.2) is 33.5 Å². The summed E-state index contributed by atoms with van der Waals surface area (Å²) < 4.78 is 15.6. The molecule has 0 saturated carbocycles. The minimum atomic E-state index is -0.653. The maximum absolute atomic E-state index is 14.2. The van der Waals surface area contributed by atoms with Crippen LogP contribution in [0.4, 0.5) is 9.18 Å². The molecule has 2 aromatic rings. The van der Waals surface area contributed by atoms with Crippen LogP contribution in [0.1, 0.15) is 16.7 Å².